The van der Waals surface area contributed by atoms with Crippen LogP contribution in [0.3, 0.4) is 0 Å². The third-order valence-electron chi connectivity index (χ3n) is 4.34. The van der Waals surface area contributed by atoms with Crippen LogP contribution in [0.4, 0.5) is 5.69 Å². The Hall–Kier alpha value is -2.50. The molecule has 0 N–H and O–H groups in total. The molecule has 0 bridgehead atoms. The minimum absolute atomic E-state index is 0.347. The van der Waals surface area contributed by atoms with E-state index in [1.165, 1.54) is 0 Å². The molecule has 1 atom stereocenters. The van der Waals surface area contributed by atoms with E-state index in [1.54, 1.807) is 48.7 Å². The molecule has 1 unspecified atom stereocenters. The first-order valence-corrected chi connectivity index (χ1v) is 9.32. The molecular weight excluding hydrogens is 364 g/mol. The maximum atomic E-state index is 13.1. The molecule has 3 rings (SSSR count). The van der Waals surface area contributed by atoms with Crippen LogP contribution in [0.2, 0.25) is 5.02 Å². The van der Waals surface area contributed by atoms with Crippen LogP contribution in [0.15, 0.2) is 53.5 Å². The highest BCUT2D eigenvalue weighted by atomic mass is 35.5. The van der Waals surface area contributed by atoms with Gasteiger partial charge in [-0.1, -0.05) is 41.9 Å². The number of hydrogen-bond acceptors (Lipinski definition) is 4. The van der Waals surface area contributed by atoms with Crippen molar-refractivity contribution in [1.29, 1.82) is 0 Å². The van der Waals surface area contributed by atoms with Gasteiger partial charge in [0.15, 0.2) is 0 Å². The molecule has 0 radical (unpaired) electrons. The average molecular weight is 385 g/mol. The van der Waals surface area contributed by atoms with E-state index in [9.17, 15) is 9.59 Å². The lowest BCUT2D eigenvalue weighted by Gasteiger charge is -2.31. The van der Waals surface area contributed by atoms with Crippen molar-refractivity contribution in [2.24, 2.45) is 4.99 Å². The Labute approximate surface area is 163 Å². The third kappa shape index (κ3) is 4.10. The molecule has 0 spiro atoms. The van der Waals surface area contributed by atoms with E-state index in [-0.39, 0.29) is 11.8 Å². The molecule has 0 fully saturated rings. The maximum absolute atomic E-state index is 13.1. The second kappa shape index (κ2) is 8.93. The Kier molecular flexibility index (Phi) is 6.37. The number of halogens is 1. The number of nitrogens with zero attached hydrogens (tertiary/aromatic N) is 2. The molecule has 140 valence electrons. The quantitative estimate of drug-likeness (QED) is 0.410. The number of aliphatic imine (C=N–C) groups is 1. The van der Waals surface area contributed by atoms with E-state index >= 15 is 0 Å². The molecule has 5 nitrogen and oxygen atoms in total. The van der Waals surface area contributed by atoms with Crippen molar-refractivity contribution in [3.63, 3.8) is 0 Å². The van der Waals surface area contributed by atoms with Gasteiger partial charge in [0.2, 0.25) is 5.91 Å². The topological polar surface area (TPSA) is 59.0 Å². The fraction of sp³-hybridized carbons (Fsp3) is 0.286. The van der Waals surface area contributed by atoms with Crippen LogP contribution in [0.5, 0.6) is 0 Å². The van der Waals surface area contributed by atoms with Gasteiger partial charge in [-0.3, -0.25) is 14.6 Å². The monoisotopic (exact) mass is 384 g/mol. The highest BCUT2D eigenvalue weighted by Crippen LogP contribution is 2.35. The predicted octanol–water partition coefficient (Wildman–Crippen LogP) is 4.11. The number of fused-ring (bicyclic) bond motifs is 1. The zero-order chi connectivity index (χ0) is 19.2. The number of amides is 2. The number of anilines is 1. The lowest BCUT2D eigenvalue weighted by molar-refractivity contribution is -0.118. The molecule has 0 aromatic heterocycles. The van der Waals surface area contributed by atoms with Crippen LogP contribution in [0.25, 0.3) is 0 Å². The number of carbonyl (C=O) groups excluding carboxylic acids is 2. The predicted molar refractivity (Wildman–Crippen MR) is 107 cm³/mol. The minimum Gasteiger partial charge on any atom is -0.382 e. The van der Waals surface area contributed by atoms with E-state index in [1.807, 2.05) is 13.0 Å². The minimum atomic E-state index is -0.623. The Morgan fingerprint density at radius 2 is 1.89 bits per heavy atom. The van der Waals surface area contributed by atoms with Crippen LogP contribution in [-0.2, 0) is 9.53 Å². The lowest BCUT2D eigenvalue weighted by Crippen LogP contribution is -2.45. The van der Waals surface area contributed by atoms with Crippen molar-refractivity contribution in [2.45, 2.75) is 19.3 Å². The van der Waals surface area contributed by atoms with Crippen LogP contribution in [-0.4, -0.2) is 37.8 Å². The molecule has 0 saturated heterocycles. The summed E-state index contributed by atoms with van der Waals surface area (Å²) < 4.78 is 5.30. The summed E-state index contributed by atoms with van der Waals surface area (Å²) in [6.07, 6.45) is 2.41. The van der Waals surface area contributed by atoms with Crippen molar-refractivity contribution in [3.8, 4) is 0 Å². The van der Waals surface area contributed by atoms with E-state index in [0.29, 0.717) is 41.6 Å². The van der Waals surface area contributed by atoms with Gasteiger partial charge in [0.25, 0.3) is 5.91 Å². The van der Waals surface area contributed by atoms with Gasteiger partial charge in [-0.25, -0.2) is 4.90 Å². The average Bonchev–Trinajstić information content (AvgIpc) is 2.68. The summed E-state index contributed by atoms with van der Waals surface area (Å²) in [5, 5.41) is 0.353. The van der Waals surface area contributed by atoms with Crippen molar-refractivity contribution in [3.05, 3.63) is 64.7 Å². The molecule has 2 aromatic carbocycles. The zero-order valence-corrected chi connectivity index (χ0v) is 15.9. The first-order chi connectivity index (χ1) is 13.1. The number of hydrogen-bond donors (Lipinski definition) is 0. The zero-order valence-electron chi connectivity index (χ0n) is 15.1. The first-order valence-electron chi connectivity index (χ1n) is 8.94. The Bertz CT molecular complexity index is 866. The van der Waals surface area contributed by atoms with E-state index in [0.717, 1.165) is 11.3 Å². The van der Waals surface area contributed by atoms with Crippen LogP contribution < -0.4 is 4.90 Å². The highest BCUT2D eigenvalue weighted by Gasteiger charge is 2.39. The molecule has 0 aliphatic carbocycles. The van der Waals surface area contributed by atoms with Gasteiger partial charge in [0.1, 0.15) is 0 Å². The maximum Gasteiger partial charge on any atom is 0.265 e. The number of rotatable bonds is 7. The summed E-state index contributed by atoms with van der Waals surface area (Å²) in [6, 6.07) is 14.0. The molecule has 1 aliphatic rings. The van der Waals surface area contributed by atoms with Crippen molar-refractivity contribution >= 4 is 35.3 Å². The standard InChI is InChI=1S/C21H21ClN2O3/c1-2-27-13-7-12-23-14-17-15-8-3-4-9-16(15)20(25)24(21(17)26)19-11-6-5-10-18(19)22/h3-6,8-11,14,17H,2,7,12-13H2,1H3. The third-order valence-corrected chi connectivity index (χ3v) is 4.66. The Morgan fingerprint density at radius 3 is 2.67 bits per heavy atom. The van der Waals surface area contributed by atoms with Crippen molar-refractivity contribution in [2.75, 3.05) is 24.7 Å². The SMILES string of the molecule is CCOCCCN=CC1C(=O)N(c2ccccc2Cl)C(=O)c2ccccc21. The van der Waals surface area contributed by atoms with Crippen molar-refractivity contribution < 1.29 is 14.3 Å². The van der Waals surface area contributed by atoms with E-state index in [2.05, 4.69) is 4.99 Å². The Balaban J connectivity index is 1.92. The second-order valence-electron chi connectivity index (χ2n) is 6.10. The van der Waals surface area contributed by atoms with Crippen LogP contribution in [0.1, 0.15) is 35.2 Å². The van der Waals surface area contributed by atoms with Crippen LogP contribution in [0, 0.1) is 0 Å². The molecular formula is C21H21ClN2O3. The van der Waals surface area contributed by atoms with E-state index < -0.39 is 5.92 Å². The van der Waals surface area contributed by atoms with Gasteiger partial charge in [-0.05, 0) is 37.1 Å². The molecule has 0 saturated carbocycles. The lowest BCUT2D eigenvalue weighted by atomic mass is 9.89. The number of para-hydroxylation sites is 1. The summed E-state index contributed by atoms with van der Waals surface area (Å²) in [5.74, 6) is -1.34. The fourth-order valence-corrected chi connectivity index (χ4v) is 3.26. The summed E-state index contributed by atoms with van der Waals surface area (Å²) in [4.78, 5) is 31.7. The molecule has 27 heavy (non-hydrogen) atoms. The summed E-state index contributed by atoms with van der Waals surface area (Å²) >= 11 is 6.24. The number of ether oxygens (including phenoxy) is 1. The molecule has 6 heteroatoms. The molecule has 2 amide bonds. The summed E-state index contributed by atoms with van der Waals surface area (Å²) in [7, 11) is 0. The number of carbonyl (C=O) groups is 2. The van der Waals surface area contributed by atoms with Gasteiger partial charge in [-0.2, -0.15) is 0 Å². The van der Waals surface area contributed by atoms with Gasteiger partial charge in [-0.15, -0.1) is 0 Å². The molecule has 2 aromatic rings. The van der Waals surface area contributed by atoms with Gasteiger partial charge in [0.05, 0.1) is 16.6 Å². The number of imide groups is 1. The van der Waals surface area contributed by atoms with Gasteiger partial charge in [0, 0.05) is 31.5 Å². The molecule has 1 heterocycles. The van der Waals surface area contributed by atoms with Gasteiger partial charge < -0.3 is 4.74 Å². The highest BCUT2D eigenvalue weighted by molar-refractivity contribution is 6.37. The molecule has 1 aliphatic heterocycles. The number of benzene rings is 2. The fourth-order valence-electron chi connectivity index (χ4n) is 3.04. The van der Waals surface area contributed by atoms with Crippen LogP contribution >= 0.6 is 11.6 Å². The largest absolute Gasteiger partial charge is 0.382 e. The Morgan fingerprint density at radius 1 is 1.15 bits per heavy atom. The summed E-state index contributed by atoms with van der Waals surface area (Å²) in [5.41, 5.74) is 1.55. The summed E-state index contributed by atoms with van der Waals surface area (Å²) in [6.45, 7) is 3.81. The van der Waals surface area contributed by atoms with E-state index in [4.69, 9.17) is 16.3 Å². The normalized spacial score (nSPS) is 16.8. The smallest absolute Gasteiger partial charge is 0.265 e. The second-order valence-corrected chi connectivity index (χ2v) is 6.51. The van der Waals surface area contributed by atoms with Gasteiger partial charge >= 0.3 is 0 Å². The first kappa shape index (κ1) is 19.3. The van der Waals surface area contributed by atoms with Crippen molar-refractivity contribution in [1.82, 2.24) is 0 Å².